The number of nitrogens with one attached hydrogen (secondary N) is 1. The minimum Gasteiger partial charge on any atom is -0.495 e. The van der Waals surface area contributed by atoms with E-state index in [1.807, 2.05) is 49.4 Å². The molecule has 0 radical (unpaired) electrons. The van der Waals surface area contributed by atoms with Gasteiger partial charge in [0.2, 0.25) is 0 Å². The van der Waals surface area contributed by atoms with Gasteiger partial charge in [0.15, 0.2) is 11.5 Å². The van der Waals surface area contributed by atoms with Gasteiger partial charge in [0, 0.05) is 23.3 Å². The standard InChI is InChI=1S/C24H25Cl2NO3/c1-4-29-23-11-18(14-27-19-9-10-22(28-3)21(26)12-19)20(25)13-24(23)30-15-17-8-6-5-7-16(17)2/h5-13,27H,4,14-15H2,1-3H3. The molecule has 0 spiro atoms. The number of aryl methyl sites for hydroxylation is 1. The van der Waals surface area contributed by atoms with E-state index in [-0.39, 0.29) is 0 Å². The monoisotopic (exact) mass is 445 g/mol. The minimum absolute atomic E-state index is 0.449. The van der Waals surface area contributed by atoms with Crippen LogP contribution < -0.4 is 19.5 Å². The molecule has 0 aliphatic rings. The number of halogens is 2. The van der Waals surface area contributed by atoms with Crippen LogP contribution in [0.15, 0.2) is 54.6 Å². The highest BCUT2D eigenvalue weighted by Crippen LogP contribution is 2.35. The van der Waals surface area contributed by atoms with Crippen molar-refractivity contribution in [3.8, 4) is 17.2 Å². The van der Waals surface area contributed by atoms with E-state index in [0.717, 1.165) is 16.8 Å². The number of anilines is 1. The molecular formula is C24H25Cl2NO3. The van der Waals surface area contributed by atoms with E-state index in [9.17, 15) is 0 Å². The lowest BCUT2D eigenvalue weighted by Crippen LogP contribution is -2.04. The first-order valence-corrected chi connectivity index (χ1v) is 10.5. The summed E-state index contributed by atoms with van der Waals surface area (Å²) in [6.07, 6.45) is 0. The molecule has 30 heavy (non-hydrogen) atoms. The maximum Gasteiger partial charge on any atom is 0.163 e. The minimum atomic E-state index is 0.449. The van der Waals surface area contributed by atoms with E-state index >= 15 is 0 Å². The highest BCUT2D eigenvalue weighted by molar-refractivity contribution is 6.32. The lowest BCUT2D eigenvalue weighted by Gasteiger charge is -2.16. The Morgan fingerprint density at radius 1 is 0.833 bits per heavy atom. The molecule has 0 atom stereocenters. The maximum absolute atomic E-state index is 6.54. The van der Waals surface area contributed by atoms with Crippen molar-refractivity contribution in [3.05, 3.63) is 81.3 Å². The second-order valence-electron chi connectivity index (χ2n) is 6.74. The summed E-state index contributed by atoms with van der Waals surface area (Å²) < 4.78 is 17.0. The van der Waals surface area contributed by atoms with Crippen LogP contribution in [-0.4, -0.2) is 13.7 Å². The van der Waals surface area contributed by atoms with Crippen molar-refractivity contribution in [3.63, 3.8) is 0 Å². The highest BCUT2D eigenvalue weighted by Gasteiger charge is 2.12. The summed E-state index contributed by atoms with van der Waals surface area (Å²) in [6.45, 7) is 5.50. The van der Waals surface area contributed by atoms with Crippen LogP contribution in [0.2, 0.25) is 10.0 Å². The third kappa shape index (κ3) is 5.53. The highest BCUT2D eigenvalue weighted by atomic mass is 35.5. The average Bonchev–Trinajstić information content (AvgIpc) is 2.74. The quantitative estimate of drug-likeness (QED) is 0.388. The lowest BCUT2D eigenvalue weighted by atomic mass is 10.1. The normalized spacial score (nSPS) is 10.6. The zero-order chi connectivity index (χ0) is 21.5. The Hall–Kier alpha value is -2.56. The van der Waals surface area contributed by atoms with Crippen molar-refractivity contribution in [2.24, 2.45) is 0 Å². The van der Waals surface area contributed by atoms with E-state index in [1.165, 1.54) is 5.56 Å². The molecule has 3 aromatic rings. The van der Waals surface area contributed by atoms with Crippen molar-refractivity contribution in [1.82, 2.24) is 0 Å². The molecule has 0 fully saturated rings. The molecule has 3 aromatic carbocycles. The van der Waals surface area contributed by atoms with Crippen LogP contribution in [0, 0.1) is 6.92 Å². The Balaban J connectivity index is 1.75. The third-order valence-electron chi connectivity index (χ3n) is 4.69. The van der Waals surface area contributed by atoms with Gasteiger partial charge in [-0.2, -0.15) is 0 Å². The predicted molar refractivity (Wildman–Crippen MR) is 123 cm³/mol. The first-order valence-electron chi connectivity index (χ1n) is 9.71. The maximum atomic E-state index is 6.54. The van der Waals surface area contributed by atoms with Gasteiger partial charge in [-0.1, -0.05) is 47.5 Å². The van der Waals surface area contributed by atoms with Gasteiger partial charge in [-0.05, 0) is 54.8 Å². The molecule has 0 saturated heterocycles. The van der Waals surface area contributed by atoms with Crippen molar-refractivity contribution in [2.75, 3.05) is 19.0 Å². The van der Waals surface area contributed by atoms with Crippen LogP contribution in [0.25, 0.3) is 0 Å². The number of hydrogen-bond acceptors (Lipinski definition) is 4. The average molecular weight is 446 g/mol. The largest absolute Gasteiger partial charge is 0.495 e. The Morgan fingerprint density at radius 3 is 2.30 bits per heavy atom. The molecule has 0 amide bonds. The molecule has 6 heteroatoms. The summed E-state index contributed by atoms with van der Waals surface area (Å²) in [5.74, 6) is 1.93. The zero-order valence-corrected chi connectivity index (χ0v) is 18.8. The molecule has 0 aliphatic carbocycles. The van der Waals surface area contributed by atoms with Gasteiger partial charge in [0.1, 0.15) is 12.4 Å². The smallest absolute Gasteiger partial charge is 0.163 e. The van der Waals surface area contributed by atoms with Crippen LogP contribution in [0.4, 0.5) is 5.69 Å². The van der Waals surface area contributed by atoms with Crippen molar-refractivity contribution in [1.29, 1.82) is 0 Å². The third-order valence-corrected chi connectivity index (χ3v) is 5.34. The van der Waals surface area contributed by atoms with E-state index in [1.54, 1.807) is 7.11 Å². The van der Waals surface area contributed by atoms with Gasteiger partial charge in [0.25, 0.3) is 0 Å². The number of ether oxygens (including phenoxy) is 3. The number of hydrogen-bond donors (Lipinski definition) is 1. The van der Waals surface area contributed by atoms with Crippen LogP contribution >= 0.6 is 23.2 Å². The SMILES string of the molecule is CCOc1cc(CNc2ccc(OC)c(Cl)c2)c(Cl)cc1OCc1ccccc1C. The summed E-state index contributed by atoms with van der Waals surface area (Å²) in [5, 5.41) is 4.47. The van der Waals surface area contributed by atoms with Gasteiger partial charge in [-0.25, -0.2) is 0 Å². The fourth-order valence-corrected chi connectivity index (χ4v) is 3.47. The lowest BCUT2D eigenvalue weighted by molar-refractivity contribution is 0.268. The summed E-state index contributed by atoms with van der Waals surface area (Å²) in [5.41, 5.74) is 4.07. The van der Waals surface area contributed by atoms with E-state index < -0.39 is 0 Å². The molecule has 3 rings (SSSR count). The fourth-order valence-electron chi connectivity index (χ4n) is 2.99. The Kier molecular flexibility index (Phi) is 7.72. The Bertz CT molecular complexity index is 1010. The van der Waals surface area contributed by atoms with Crippen LogP contribution in [0.5, 0.6) is 17.2 Å². The molecule has 0 heterocycles. The van der Waals surface area contributed by atoms with Crippen LogP contribution in [0.3, 0.4) is 0 Å². The van der Waals surface area contributed by atoms with Crippen molar-refractivity contribution >= 4 is 28.9 Å². The number of rotatable bonds is 9. The van der Waals surface area contributed by atoms with Gasteiger partial charge < -0.3 is 19.5 Å². The summed E-state index contributed by atoms with van der Waals surface area (Å²) in [4.78, 5) is 0. The Morgan fingerprint density at radius 2 is 1.60 bits per heavy atom. The van der Waals surface area contributed by atoms with Gasteiger partial charge in [-0.3, -0.25) is 0 Å². The molecule has 0 aliphatic heterocycles. The van der Waals surface area contributed by atoms with Crippen molar-refractivity contribution in [2.45, 2.75) is 27.0 Å². The first kappa shape index (κ1) is 22.1. The molecule has 158 valence electrons. The van der Waals surface area contributed by atoms with E-state index in [2.05, 4.69) is 24.4 Å². The van der Waals surface area contributed by atoms with E-state index in [0.29, 0.717) is 47.1 Å². The van der Waals surface area contributed by atoms with E-state index in [4.69, 9.17) is 37.4 Å². The van der Waals surface area contributed by atoms with Crippen LogP contribution in [-0.2, 0) is 13.2 Å². The predicted octanol–water partition coefficient (Wildman–Crippen LogP) is 6.90. The molecule has 0 saturated carbocycles. The second kappa shape index (κ2) is 10.5. The summed E-state index contributed by atoms with van der Waals surface area (Å²) in [6, 6.07) is 17.4. The molecule has 1 N–H and O–H groups in total. The molecule has 0 aromatic heterocycles. The summed E-state index contributed by atoms with van der Waals surface area (Å²) in [7, 11) is 1.59. The number of benzene rings is 3. The van der Waals surface area contributed by atoms with Gasteiger partial charge in [-0.15, -0.1) is 0 Å². The van der Waals surface area contributed by atoms with Crippen molar-refractivity contribution < 1.29 is 14.2 Å². The molecule has 0 unspecified atom stereocenters. The molecular weight excluding hydrogens is 421 g/mol. The number of methoxy groups -OCH3 is 1. The first-order chi connectivity index (χ1) is 14.5. The topological polar surface area (TPSA) is 39.7 Å². The molecule has 4 nitrogen and oxygen atoms in total. The molecule has 0 bridgehead atoms. The van der Waals surface area contributed by atoms with Crippen LogP contribution in [0.1, 0.15) is 23.6 Å². The van der Waals surface area contributed by atoms with Gasteiger partial charge in [0.05, 0.1) is 18.7 Å². The van der Waals surface area contributed by atoms with Gasteiger partial charge >= 0.3 is 0 Å². The summed E-state index contributed by atoms with van der Waals surface area (Å²) >= 11 is 12.7. The second-order valence-corrected chi connectivity index (χ2v) is 7.56. The Labute approximate surface area is 187 Å². The zero-order valence-electron chi connectivity index (χ0n) is 17.3. The fraction of sp³-hybridized carbons (Fsp3) is 0.250.